The monoisotopic (exact) mass is 1170 g/mol. The summed E-state index contributed by atoms with van der Waals surface area (Å²) >= 11 is 0. The van der Waals surface area contributed by atoms with Crippen molar-refractivity contribution in [3.05, 3.63) is 85.1 Å². The molecular weight excluding hydrogens is 1040 g/mol. The van der Waals surface area contributed by atoms with Crippen molar-refractivity contribution in [2.45, 2.75) is 315 Å². The van der Waals surface area contributed by atoms with Crippen molar-refractivity contribution in [3.8, 4) is 0 Å². The minimum Gasteiger partial charge on any atom is -0.756 e. The fraction of sp³-hybridized carbons (Fsp3) is 0.778. The first-order chi connectivity index (χ1) is 40.0. The van der Waals surface area contributed by atoms with Crippen LogP contribution in [-0.4, -0.2) is 70.0 Å². The van der Waals surface area contributed by atoms with E-state index in [1.807, 2.05) is 21.1 Å². The van der Waals surface area contributed by atoms with Gasteiger partial charge in [-0.1, -0.05) is 311 Å². The maximum atomic E-state index is 12.9. The number of rotatable bonds is 63. The Morgan fingerprint density at radius 2 is 0.695 bits per heavy atom. The lowest BCUT2D eigenvalue weighted by molar-refractivity contribution is -0.870. The van der Waals surface area contributed by atoms with E-state index < -0.39 is 26.5 Å². The summed E-state index contributed by atoms with van der Waals surface area (Å²) < 4.78 is 34.3. The number of carbonyl (C=O) groups excluding carboxylic acids is 2. The van der Waals surface area contributed by atoms with Crippen molar-refractivity contribution in [1.29, 1.82) is 0 Å². The van der Waals surface area contributed by atoms with Crippen LogP contribution in [0.15, 0.2) is 85.1 Å². The Morgan fingerprint density at radius 1 is 0.390 bits per heavy atom. The molecule has 0 rings (SSSR count). The molecule has 476 valence electrons. The predicted octanol–water partition coefficient (Wildman–Crippen LogP) is 21.5. The van der Waals surface area contributed by atoms with Crippen molar-refractivity contribution in [2.75, 3.05) is 47.5 Å². The molecule has 0 amide bonds. The van der Waals surface area contributed by atoms with Crippen molar-refractivity contribution >= 4 is 19.8 Å². The second kappa shape index (κ2) is 62.7. The summed E-state index contributed by atoms with van der Waals surface area (Å²) in [6, 6.07) is 0. The molecule has 0 aliphatic heterocycles. The number of phosphoric acid groups is 1. The van der Waals surface area contributed by atoms with Gasteiger partial charge in [-0.2, -0.15) is 0 Å². The van der Waals surface area contributed by atoms with Crippen molar-refractivity contribution in [2.24, 2.45) is 0 Å². The van der Waals surface area contributed by atoms with Crippen LogP contribution in [0.2, 0.25) is 0 Å². The van der Waals surface area contributed by atoms with Gasteiger partial charge in [-0.05, 0) is 70.6 Å². The highest BCUT2D eigenvalue weighted by Gasteiger charge is 2.22. The highest BCUT2D eigenvalue weighted by molar-refractivity contribution is 7.45. The second-order valence-electron chi connectivity index (χ2n) is 24.2. The Morgan fingerprint density at radius 3 is 1.04 bits per heavy atom. The zero-order valence-corrected chi connectivity index (χ0v) is 55.1. The van der Waals surface area contributed by atoms with E-state index in [2.05, 4.69) is 98.9 Å². The lowest BCUT2D eigenvalue weighted by Gasteiger charge is -2.28. The van der Waals surface area contributed by atoms with Crippen molar-refractivity contribution in [3.63, 3.8) is 0 Å². The minimum absolute atomic E-state index is 0.0327. The number of hydrogen-bond acceptors (Lipinski definition) is 8. The third-order valence-corrected chi connectivity index (χ3v) is 15.9. The average Bonchev–Trinajstić information content (AvgIpc) is 3.46. The molecule has 0 N–H and O–H groups in total. The van der Waals surface area contributed by atoms with Crippen LogP contribution in [0.1, 0.15) is 309 Å². The van der Waals surface area contributed by atoms with E-state index in [1.165, 1.54) is 186 Å². The van der Waals surface area contributed by atoms with Crippen LogP contribution in [0.25, 0.3) is 0 Å². The molecule has 0 fully saturated rings. The first-order valence-electron chi connectivity index (χ1n) is 34.3. The van der Waals surface area contributed by atoms with E-state index in [-0.39, 0.29) is 32.0 Å². The summed E-state index contributed by atoms with van der Waals surface area (Å²) in [5.41, 5.74) is 0. The summed E-state index contributed by atoms with van der Waals surface area (Å²) in [5.74, 6) is -0.826. The molecule has 2 atom stereocenters. The highest BCUT2D eigenvalue weighted by atomic mass is 31.2. The molecule has 9 nitrogen and oxygen atoms in total. The van der Waals surface area contributed by atoms with Crippen LogP contribution in [0.5, 0.6) is 0 Å². The molecule has 0 spiro atoms. The van der Waals surface area contributed by atoms with Crippen LogP contribution >= 0.6 is 7.82 Å². The fourth-order valence-corrected chi connectivity index (χ4v) is 10.4. The van der Waals surface area contributed by atoms with Gasteiger partial charge in [-0.15, -0.1) is 0 Å². The first-order valence-corrected chi connectivity index (χ1v) is 35.8. The van der Waals surface area contributed by atoms with Gasteiger partial charge in [0.25, 0.3) is 7.82 Å². The number of phosphoric ester groups is 1. The molecule has 0 aliphatic rings. The predicted molar refractivity (Wildman–Crippen MR) is 351 cm³/mol. The van der Waals surface area contributed by atoms with E-state index in [0.717, 1.165) is 89.9 Å². The van der Waals surface area contributed by atoms with Gasteiger partial charge in [-0.25, -0.2) is 0 Å². The molecule has 0 heterocycles. The summed E-state index contributed by atoms with van der Waals surface area (Å²) in [6.07, 6.45) is 85.1. The normalized spacial score (nSPS) is 13.7. The maximum Gasteiger partial charge on any atom is 0.306 e. The molecule has 0 aromatic heterocycles. The molecule has 0 saturated carbocycles. The topological polar surface area (TPSA) is 111 Å². The Bertz CT molecular complexity index is 1660. The van der Waals surface area contributed by atoms with E-state index >= 15 is 0 Å². The largest absolute Gasteiger partial charge is 0.756 e. The van der Waals surface area contributed by atoms with Crippen LogP contribution in [0.4, 0.5) is 0 Å². The Labute approximate surface area is 507 Å². The number of esters is 2. The molecule has 10 heteroatoms. The number of nitrogens with zero attached hydrogens (tertiary/aromatic N) is 1. The van der Waals surface area contributed by atoms with Crippen molar-refractivity contribution < 1.29 is 42.1 Å². The number of likely N-dealkylation sites (N-methyl/N-ethyl adjacent to an activating group) is 1. The highest BCUT2D eigenvalue weighted by Crippen LogP contribution is 2.38. The van der Waals surface area contributed by atoms with Gasteiger partial charge in [0.2, 0.25) is 0 Å². The number of hydrogen-bond donors (Lipinski definition) is 0. The first kappa shape index (κ1) is 79.2. The summed E-state index contributed by atoms with van der Waals surface area (Å²) in [4.78, 5) is 38.0. The Hall–Kier alpha value is -2.81. The molecule has 2 unspecified atom stereocenters. The minimum atomic E-state index is -4.64. The lowest BCUT2D eigenvalue weighted by atomic mass is 10.0. The summed E-state index contributed by atoms with van der Waals surface area (Å²) in [5, 5.41) is 0. The summed E-state index contributed by atoms with van der Waals surface area (Å²) in [6.45, 7) is 4.17. The molecular formula is C72H130NO8P. The number of unbranched alkanes of at least 4 members (excludes halogenated alkanes) is 35. The molecule has 0 aromatic carbocycles. The van der Waals surface area contributed by atoms with E-state index in [4.69, 9.17) is 18.5 Å². The van der Waals surface area contributed by atoms with Gasteiger partial charge in [0.15, 0.2) is 6.10 Å². The van der Waals surface area contributed by atoms with Crippen LogP contribution < -0.4 is 4.89 Å². The fourth-order valence-electron chi connectivity index (χ4n) is 9.70. The number of carbonyl (C=O) groups is 2. The molecule has 0 radical (unpaired) electrons. The standard InChI is InChI=1S/C72H130NO8P/c1-6-8-10-12-14-16-18-20-22-24-26-28-30-32-33-34-35-36-37-38-39-41-43-45-47-49-51-53-55-57-59-61-63-65-72(75)81-70(69-80-82(76,77)79-67-66-73(3,4)5)68-78-71(74)64-62-60-58-56-54-52-50-48-46-44-42-40-31-29-27-25-23-21-19-17-15-13-11-9-7-2/h8,10,14,16,20,22,26,28,32-33,35-36,38-39,70H,6-7,9,11-13,15,17-19,21,23-25,27,29-31,34,37,40-69H2,1-5H3/b10-8-,16-14-,22-20-,28-26-,33-32-,36-35-,39-38-. The Balaban J connectivity index is 4.07. The van der Waals surface area contributed by atoms with Crippen LogP contribution in [0.3, 0.4) is 0 Å². The average molecular weight is 1170 g/mol. The van der Waals surface area contributed by atoms with Gasteiger partial charge >= 0.3 is 11.9 Å². The van der Waals surface area contributed by atoms with Crippen LogP contribution in [-0.2, 0) is 32.7 Å². The van der Waals surface area contributed by atoms with Gasteiger partial charge in [0.1, 0.15) is 19.8 Å². The number of quaternary nitrogens is 1. The van der Waals surface area contributed by atoms with E-state index in [1.54, 1.807) is 0 Å². The molecule has 0 bridgehead atoms. The molecule has 0 saturated heterocycles. The van der Waals surface area contributed by atoms with Gasteiger partial charge in [0.05, 0.1) is 27.7 Å². The Kier molecular flexibility index (Phi) is 60.6. The van der Waals surface area contributed by atoms with Gasteiger partial charge < -0.3 is 27.9 Å². The number of ether oxygens (including phenoxy) is 2. The van der Waals surface area contributed by atoms with E-state index in [9.17, 15) is 19.0 Å². The quantitative estimate of drug-likeness (QED) is 0.0195. The van der Waals surface area contributed by atoms with Gasteiger partial charge in [-0.3, -0.25) is 14.2 Å². The van der Waals surface area contributed by atoms with Crippen molar-refractivity contribution in [1.82, 2.24) is 0 Å². The zero-order chi connectivity index (χ0) is 59.8. The zero-order valence-electron chi connectivity index (χ0n) is 54.2. The maximum absolute atomic E-state index is 12.9. The lowest BCUT2D eigenvalue weighted by Crippen LogP contribution is -2.37. The molecule has 82 heavy (non-hydrogen) atoms. The number of allylic oxidation sites excluding steroid dienone is 14. The third-order valence-electron chi connectivity index (χ3n) is 14.9. The van der Waals surface area contributed by atoms with E-state index in [0.29, 0.717) is 17.4 Å². The smallest absolute Gasteiger partial charge is 0.306 e. The van der Waals surface area contributed by atoms with Crippen LogP contribution in [0, 0.1) is 0 Å². The molecule has 0 aliphatic carbocycles. The SMILES string of the molecule is CC/C=C\C/C=C\C/C=C\C/C=C\C/C=C\C/C=C\C/C=C\CCCCCCCCCCCCCC(=O)OC(COC(=O)CCCCCCCCCCCCCCCCCCCCCCCCCCC)COP(=O)([O-])OCC[N+](C)(C)C. The summed E-state index contributed by atoms with van der Waals surface area (Å²) in [7, 11) is 1.17. The third kappa shape index (κ3) is 66.3. The second-order valence-corrected chi connectivity index (χ2v) is 25.6. The molecule has 0 aromatic rings. The van der Waals surface area contributed by atoms with Gasteiger partial charge in [0, 0.05) is 12.8 Å².